The van der Waals surface area contributed by atoms with Crippen molar-refractivity contribution >= 4 is 0 Å². The molecule has 1 aromatic heterocycles. The molecule has 19 heavy (non-hydrogen) atoms. The van der Waals surface area contributed by atoms with Gasteiger partial charge in [-0.15, -0.1) is 0 Å². The molecule has 0 spiro atoms. The first-order valence-corrected chi connectivity index (χ1v) is 7.76. The number of nitrogens with two attached hydrogens (primary N) is 1. The van der Waals surface area contributed by atoms with Crippen LogP contribution in [0.25, 0.3) is 0 Å². The minimum Gasteiger partial charge on any atom is -0.339 e. The lowest BCUT2D eigenvalue weighted by Gasteiger charge is -2.25. The molecule has 4 nitrogen and oxygen atoms in total. The molecule has 0 aliphatic heterocycles. The maximum atomic E-state index is 5.96. The third-order valence-corrected chi connectivity index (χ3v) is 5.71. The Labute approximate surface area is 115 Å². The van der Waals surface area contributed by atoms with Gasteiger partial charge in [0.05, 0.1) is 5.41 Å². The summed E-state index contributed by atoms with van der Waals surface area (Å²) in [5.74, 6) is 3.96. The summed E-state index contributed by atoms with van der Waals surface area (Å²) < 4.78 is 5.58. The SMILES string of the molecule is CCC(CC)(CN)c1nc(C2CC3CCC2C3)no1. The van der Waals surface area contributed by atoms with Crippen molar-refractivity contribution in [2.24, 2.45) is 17.6 Å². The van der Waals surface area contributed by atoms with Crippen molar-refractivity contribution in [1.82, 2.24) is 10.1 Å². The molecule has 3 atom stereocenters. The number of hydrogen-bond acceptors (Lipinski definition) is 4. The van der Waals surface area contributed by atoms with Gasteiger partial charge < -0.3 is 10.3 Å². The Morgan fingerprint density at radius 3 is 2.58 bits per heavy atom. The average Bonchev–Trinajstić information content (AvgIpc) is 3.17. The second-order valence-electron chi connectivity index (χ2n) is 6.43. The van der Waals surface area contributed by atoms with Crippen molar-refractivity contribution < 1.29 is 4.52 Å². The number of nitrogens with zero attached hydrogens (tertiary/aromatic N) is 2. The van der Waals surface area contributed by atoms with Crippen LogP contribution >= 0.6 is 0 Å². The largest absolute Gasteiger partial charge is 0.339 e. The van der Waals surface area contributed by atoms with Gasteiger partial charge in [0.25, 0.3) is 0 Å². The van der Waals surface area contributed by atoms with E-state index in [1.54, 1.807) is 0 Å². The summed E-state index contributed by atoms with van der Waals surface area (Å²) in [6.45, 7) is 4.88. The lowest BCUT2D eigenvalue weighted by molar-refractivity contribution is 0.264. The summed E-state index contributed by atoms with van der Waals surface area (Å²) in [7, 11) is 0. The average molecular weight is 263 g/mol. The molecule has 0 saturated heterocycles. The number of rotatable bonds is 5. The molecule has 0 amide bonds. The van der Waals surface area contributed by atoms with Crippen LogP contribution in [0, 0.1) is 11.8 Å². The van der Waals surface area contributed by atoms with E-state index in [-0.39, 0.29) is 5.41 Å². The highest BCUT2D eigenvalue weighted by atomic mass is 16.5. The zero-order chi connectivity index (χ0) is 13.5. The van der Waals surface area contributed by atoms with Crippen molar-refractivity contribution in [1.29, 1.82) is 0 Å². The lowest BCUT2D eigenvalue weighted by atomic mass is 9.82. The van der Waals surface area contributed by atoms with Crippen LogP contribution in [0.5, 0.6) is 0 Å². The third kappa shape index (κ3) is 2.00. The fourth-order valence-electron chi connectivity index (χ4n) is 4.09. The van der Waals surface area contributed by atoms with Crippen molar-refractivity contribution in [3.8, 4) is 0 Å². The predicted octanol–water partition coefficient (Wildman–Crippen LogP) is 2.99. The van der Waals surface area contributed by atoms with Gasteiger partial charge in [-0.05, 0) is 43.9 Å². The van der Waals surface area contributed by atoms with Gasteiger partial charge in [-0.2, -0.15) is 4.98 Å². The van der Waals surface area contributed by atoms with Crippen LogP contribution < -0.4 is 5.73 Å². The summed E-state index contributed by atoms with van der Waals surface area (Å²) in [5.41, 5.74) is 5.83. The van der Waals surface area contributed by atoms with Crippen LogP contribution in [0.3, 0.4) is 0 Å². The molecule has 2 saturated carbocycles. The van der Waals surface area contributed by atoms with Gasteiger partial charge in [0.15, 0.2) is 5.82 Å². The Morgan fingerprint density at radius 1 is 1.26 bits per heavy atom. The minimum atomic E-state index is -0.122. The van der Waals surface area contributed by atoms with Crippen LogP contribution in [-0.4, -0.2) is 16.7 Å². The first-order valence-electron chi connectivity index (χ1n) is 7.76. The number of hydrogen-bond donors (Lipinski definition) is 1. The summed E-state index contributed by atoms with van der Waals surface area (Å²) >= 11 is 0. The van der Waals surface area contributed by atoms with E-state index in [4.69, 9.17) is 15.2 Å². The zero-order valence-electron chi connectivity index (χ0n) is 12.1. The van der Waals surface area contributed by atoms with Gasteiger partial charge in [-0.25, -0.2) is 0 Å². The van der Waals surface area contributed by atoms with Crippen molar-refractivity contribution in [3.05, 3.63) is 11.7 Å². The first kappa shape index (κ1) is 13.1. The maximum Gasteiger partial charge on any atom is 0.234 e. The maximum absolute atomic E-state index is 5.96. The van der Waals surface area contributed by atoms with Crippen LogP contribution in [0.4, 0.5) is 0 Å². The Kier molecular flexibility index (Phi) is 3.37. The van der Waals surface area contributed by atoms with Crippen LogP contribution in [0.2, 0.25) is 0 Å². The predicted molar refractivity (Wildman–Crippen MR) is 73.8 cm³/mol. The topological polar surface area (TPSA) is 64.9 Å². The second kappa shape index (κ2) is 4.89. The fraction of sp³-hybridized carbons (Fsp3) is 0.867. The van der Waals surface area contributed by atoms with E-state index >= 15 is 0 Å². The van der Waals surface area contributed by atoms with Crippen molar-refractivity contribution in [3.63, 3.8) is 0 Å². The summed E-state index contributed by atoms with van der Waals surface area (Å²) in [6, 6.07) is 0. The molecule has 1 heterocycles. The van der Waals surface area contributed by atoms with E-state index in [1.165, 1.54) is 25.7 Å². The number of aromatic nitrogens is 2. The Balaban J connectivity index is 1.83. The quantitative estimate of drug-likeness (QED) is 0.887. The normalized spacial score (nSPS) is 30.2. The molecular weight excluding hydrogens is 238 g/mol. The zero-order valence-corrected chi connectivity index (χ0v) is 12.1. The van der Waals surface area contributed by atoms with Crippen LogP contribution in [0.15, 0.2) is 4.52 Å². The second-order valence-corrected chi connectivity index (χ2v) is 6.43. The lowest BCUT2D eigenvalue weighted by Crippen LogP contribution is -2.34. The summed E-state index contributed by atoms with van der Waals surface area (Å²) in [4.78, 5) is 4.74. The Hall–Kier alpha value is -0.900. The van der Waals surface area contributed by atoms with Gasteiger partial charge in [0.1, 0.15) is 0 Å². The van der Waals surface area contributed by atoms with Crippen LogP contribution in [0.1, 0.15) is 70.0 Å². The molecule has 0 radical (unpaired) electrons. The van der Waals surface area contributed by atoms with Gasteiger partial charge in [-0.1, -0.05) is 25.4 Å². The van der Waals surface area contributed by atoms with Gasteiger partial charge >= 0.3 is 0 Å². The van der Waals surface area contributed by atoms with Crippen molar-refractivity contribution in [2.45, 2.75) is 63.7 Å². The highest BCUT2D eigenvalue weighted by Gasteiger charge is 2.43. The summed E-state index contributed by atoms with van der Waals surface area (Å²) in [5, 5.41) is 4.29. The first-order chi connectivity index (χ1) is 9.22. The molecule has 3 rings (SSSR count). The third-order valence-electron chi connectivity index (χ3n) is 5.71. The van der Waals surface area contributed by atoms with E-state index in [1.807, 2.05) is 0 Å². The Bertz CT molecular complexity index is 430. The highest BCUT2D eigenvalue weighted by molar-refractivity contribution is 5.11. The van der Waals surface area contributed by atoms with E-state index in [2.05, 4.69) is 19.0 Å². The molecule has 3 unspecified atom stereocenters. The molecule has 2 aliphatic rings. The molecule has 2 bridgehead atoms. The highest BCUT2D eigenvalue weighted by Crippen LogP contribution is 2.52. The molecule has 2 aliphatic carbocycles. The minimum absolute atomic E-state index is 0.122. The standard InChI is InChI=1S/C15H25N3O/c1-3-15(4-2,9-16)14-17-13(18-19-14)12-8-10-5-6-11(12)7-10/h10-12H,3-9,16H2,1-2H3. The fourth-order valence-corrected chi connectivity index (χ4v) is 4.09. The summed E-state index contributed by atoms with van der Waals surface area (Å²) in [6.07, 6.45) is 7.30. The van der Waals surface area contributed by atoms with Gasteiger partial charge in [0, 0.05) is 12.5 Å². The number of fused-ring (bicyclic) bond motifs is 2. The van der Waals surface area contributed by atoms with E-state index in [0.29, 0.717) is 12.5 Å². The van der Waals surface area contributed by atoms with Gasteiger partial charge in [-0.3, -0.25) is 0 Å². The van der Waals surface area contributed by atoms with Gasteiger partial charge in [0.2, 0.25) is 5.89 Å². The van der Waals surface area contributed by atoms with E-state index in [9.17, 15) is 0 Å². The molecule has 106 valence electrons. The smallest absolute Gasteiger partial charge is 0.234 e. The molecular formula is C15H25N3O. The monoisotopic (exact) mass is 263 g/mol. The van der Waals surface area contributed by atoms with Crippen molar-refractivity contribution in [2.75, 3.05) is 6.54 Å². The molecule has 2 fully saturated rings. The van der Waals surface area contributed by atoms with E-state index < -0.39 is 0 Å². The van der Waals surface area contributed by atoms with E-state index in [0.717, 1.165) is 36.4 Å². The Morgan fingerprint density at radius 2 is 2.05 bits per heavy atom. The molecule has 1 aromatic rings. The molecule has 2 N–H and O–H groups in total. The molecule has 0 aromatic carbocycles. The van der Waals surface area contributed by atoms with Crippen LogP contribution in [-0.2, 0) is 5.41 Å². The molecule has 4 heteroatoms.